The van der Waals surface area contributed by atoms with E-state index in [2.05, 4.69) is 25.2 Å². The zero-order chi connectivity index (χ0) is 19.6. The molecule has 1 aromatic carbocycles. The van der Waals surface area contributed by atoms with Crippen LogP contribution in [0.5, 0.6) is 5.75 Å². The third kappa shape index (κ3) is 3.90. The molecule has 0 aliphatic heterocycles. The molecule has 0 radical (unpaired) electrons. The summed E-state index contributed by atoms with van der Waals surface area (Å²) < 4.78 is 12.2. The maximum absolute atomic E-state index is 12.3. The summed E-state index contributed by atoms with van der Waals surface area (Å²) in [7, 11) is 0. The lowest BCUT2D eigenvalue weighted by atomic mass is 9.93. The molecular formula is C23H31NO3. The highest BCUT2D eigenvalue weighted by Crippen LogP contribution is 2.41. The van der Waals surface area contributed by atoms with Crippen molar-refractivity contribution in [1.82, 2.24) is 5.32 Å². The highest BCUT2D eigenvalue weighted by atomic mass is 16.5. The Morgan fingerprint density at radius 2 is 2.07 bits per heavy atom. The molecule has 2 aromatic rings. The third-order valence-electron chi connectivity index (χ3n) is 5.49. The number of carbonyl (C=O) groups is 1. The number of carbonyl (C=O) groups excluding carboxylic acids is 1. The normalized spacial score (nSPS) is 15.5. The van der Waals surface area contributed by atoms with Crippen molar-refractivity contribution in [2.45, 2.75) is 72.8 Å². The van der Waals surface area contributed by atoms with E-state index in [1.54, 1.807) is 6.08 Å². The highest BCUT2D eigenvalue weighted by Gasteiger charge is 2.23. The lowest BCUT2D eigenvalue weighted by Gasteiger charge is -2.15. The van der Waals surface area contributed by atoms with Gasteiger partial charge in [-0.05, 0) is 65.0 Å². The maximum Gasteiger partial charge on any atom is 0.244 e. The Bertz CT molecular complexity index is 876. The van der Waals surface area contributed by atoms with Crippen LogP contribution in [0.3, 0.4) is 0 Å². The minimum Gasteiger partial charge on any atom is -0.493 e. The van der Waals surface area contributed by atoms with Gasteiger partial charge in [-0.25, -0.2) is 0 Å². The van der Waals surface area contributed by atoms with E-state index in [4.69, 9.17) is 9.15 Å². The van der Waals surface area contributed by atoms with E-state index >= 15 is 0 Å². The molecule has 1 heterocycles. The number of nitrogens with one attached hydrogen (secondary N) is 1. The molecule has 4 heteroatoms. The number of benzene rings is 1. The molecule has 1 aromatic heterocycles. The molecule has 0 saturated heterocycles. The van der Waals surface area contributed by atoms with Crippen molar-refractivity contribution in [3.05, 3.63) is 34.6 Å². The minimum absolute atomic E-state index is 0.0590. The van der Waals surface area contributed by atoms with Gasteiger partial charge in [-0.15, -0.1) is 0 Å². The van der Waals surface area contributed by atoms with Crippen molar-refractivity contribution >= 4 is 22.4 Å². The smallest absolute Gasteiger partial charge is 0.244 e. The summed E-state index contributed by atoms with van der Waals surface area (Å²) in [6, 6.07) is 2.32. The van der Waals surface area contributed by atoms with Crippen LogP contribution in [-0.2, 0) is 17.6 Å². The summed E-state index contributed by atoms with van der Waals surface area (Å²) in [6.07, 6.45) is 7.05. The van der Waals surface area contributed by atoms with Crippen molar-refractivity contribution in [1.29, 1.82) is 0 Å². The van der Waals surface area contributed by atoms with Crippen LogP contribution in [0.15, 0.2) is 16.6 Å². The monoisotopic (exact) mass is 369 g/mol. The van der Waals surface area contributed by atoms with Crippen molar-refractivity contribution < 1.29 is 13.9 Å². The minimum atomic E-state index is -0.0590. The molecule has 1 aliphatic carbocycles. The molecule has 1 atom stereocenters. The van der Waals surface area contributed by atoms with Crippen LogP contribution in [0.4, 0.5) is 0 Å². The maximum atomic E-state index is 12.3. The predicted molar refractivity (Wildman–Crippen MR) is 110 cm³/mol. The van der Waals surface area contributed by atoms with Crippen LogP contribution in [0, 0.1) is 6.92 Å². The number of rotatable bonds is 6. The predicted octanol–water partition coefficient (Wildman–Crippen LogP) is 5.34. The van der Waals surface area contributed by atoms with E-state index in [0.717, 1.165) is 53.1 Å². The van der Waals surface area contributed by atoms with Crippen molar-refractivity contribution in [2.24, 2.45) is 0 Å². The number of hydrogen-bond donors (Lipinski definition) is 1. The summed E-state index contributed by atoms with van der Waals surface area (Å²) in [6.45, 7) is 10.7. The fourth-order valence-corrected chi connectivity index (χ4v) is 3.82. The first-order valence-electron chi connectivity index (χ1n) is 10.2. The van der Waals surface area contributed by atoms with Gasteiger partial charge in [0.05, 0.1) is 6.61 Å². The number of furan rings is 1. The van der Waals surface area contributed by atoms with Crippen LogP contribution in [0.1, 0.15) is 69.4 Å². The summed E-state index contributed by atoms with van der Waals surface area (Å²) >= 11 is 0. The van der Waals surface area contributed by atoms with Gasteiger partial charge in [-0.1, -0.05) is 6.92 Å². The number of fused-ring (bicyclic) bond motifs is 3. The molecule has 1 amide bonds. The van der Waals surface area contributed by atoms with Gasteiger partial charge in [0.2, 0.25) is 5.91 Å². The summed E-state index contributed by atoms with van der Waals surface area (Å²) in [5, 5.41) is 4.18. The Morgan fingerprint density at radius 3 is 2.78 bits per heavy atom. The second-order valence-electron chi connectivity index (χ2n) is 7.54. The topological polar surface area (TPSA) is 51.5 Å². The van der Waals surface area contributed by atoms with Crippen LogP contribution < -0.4 is 10.1 Å². The van der Waals surface area contributed by atoms with E-state index in [-0.39, 0.29) is 11.9 Å². The van der Waals surface area contributed by atoms with Gasteiger partial charge < -0.3 is 14.5 Å². The van der Waals surface area contributed by atoms with E-state index in [1.807, 2.05) is 20.8 Å². The Balaban J connectivity index is 2.09. The Morgan fingerprint density at radius 1 is 1.33 bits per heavy atom. The molecule has 0 saturated carbocycles. The third-order valence-corrected chi connectivity index (χ3v) is 5.49. The molecule has 0 spiro atoms. The molecule has 146 valence electrons. The van der Waals surface area contributed by atoms with Crippen LogP contribution in [0.25, 0.3) is 16.5 Å². The molecule has 1 N–H and O–H groups in total. The molecule has 4 nitrogen and oxygen atoms in total. The zero-order valence-electron chi connectivity index (χ0n) is 17.2. The lowest BCUT2D eigenvalue weighted by molar-refractivity contribution is -0.117. The molecule has 0 fully saturated rings. The van der Waals surface area contributed by atoms with E-state index in [0.29, 0.717) is 6.61 Å². The Hall–Kier alpha value is -2.23. The Kier molecular flexibility index (Phi) is 5.93. The number of allylic oxidation sites excluding steroid dienone is 1. The summed E-state index contributed by atoms with van der Waals surface area (Å²) in [5.41, 5.74) is 5.19. The van der Waals surface area contributed by atoms with E-state index < -0.39 is 0 Å². The average Bonchev–Trinajstić information content (AvgIpc) is 3.02. The fraction of sp³-hybridized carbons (Fsp3) is 0.522. The van der Waals surface area contributed by atoms with Crippen LogP contribution in [0.2, 0.25) is 0 Å². The van der Waals surface area contributed by atoms with E-state index in [9.17, 15) is 4.79 Å². The first kappa shape index (κ1) is 19.5. The van der Waals surface area contributed by atoms with E-state index in [1.165, 1.54) is 23.8 Å². The summed E-state index contributed by atoms with van der Waals surface area (Å²) in [4.78, 5) is 12.3. The number of ether oxygens (including phenoxy) is 1. The summed E-state index contributed by atoms with van der Waals surface area (Å²) in [5.74, 6) is 1.88. The van der Waals surface area contributed by atoms with Gasteiger partial charge in [0.15, 0.2) is 0 Å². The van der Waals surface area contributed by atoms with Gasteiger partial charge in [0.1, 0.15) is 17.1 Å². The average molecular weight is 370 g/mol. The molecule has 1 unspecified atom stereocenters. The SMILES string of the molecule is CCOc1c(/C(C)=C/C(=O)NC(C)CC)cc2c3c(oc2c1C)CCCC3. The quantitative estimate of drug-likeness (QED) is 0.700. The number of aryl methyl sites for hydroxylation is 3. The van der Waals surface area contributed by atoms with Crippen molar-refractivity contribution in [3.63, 3.8) is 0 Å². The Labute approximate surface area is 162 Å². The molecule has 0 bridgehead atoms. The van der Waals surface area contributed by atoms with Gasteiger partial charge in [0, 0.05) is 40.6 Å². The first-order chi connectivity index (χ1) is 13.0. The van der Waals surface area contributed by atoms with Crippen molar-refractivity contribution in [3.8, 4) is 5.75 Å². The molecular weight excluding hydrogens is 338 g/mol. The van der Waals surface area contributed by atoms with Crippen LogP contribution in [-0.4, -0.2) is 18.6 Å². The molecule has 3 rings (SSSR count). The van der Waals surface area contributed by atoms with Crippen molar-refractivity contribution in [2.75, 3.05) is 6.61 Å². The van der Waals surface area contributed by atoms with Gasteiger partial charge in [-0.2, -0.15) is 0 Å². The second-order valence-corrected chi connectivity index (χ2v) is 7.54. The van der Waals surface area contributed by atoms with Gasteiger partial charge in [0.25, 0.3) is 0 Å². The lowest BCUT2D eigenvalue weighted by Crippen LogP contribution is -2.30. The molecule has 27 heavy (non-hydrogen) atoms. The number of amides is 1. The highest BCUT2D eigenvalue weighted by molar-refractivity contribution is 5.98. The second kappa shape index (κ2) is 8.20. The fourth-order valence-electron chi connectivity index (χ4n) is 3.82. The largest absolute Gasteiger partial charge is 0.493 e. The van der Waals surface area contributed by atoms with Gasteiger partial charge in [-0.3, -0.25) is 4.79 Å². The van der Waals surface area contributed by atoms with Gasteiger partial charge >= 0.3 is 0 Å². The number of hydrogen-bond acceptors (Lipinski definition) is 3. The molecule has 1 aliphatic rings. The zero-order valence-corrected chi connectivity index (χ0v) is 17.2. The standard InChI is InChI=1S/C23H31NO3/c1-6-15(4)24-21(25)12-14(3)18-13-19-17-10-8-9-11-20(17)27-23(19)16(5)22(18)26-7-2/h12-13,15H,6-11H2,1-5H3,(H,24,25)/b14-12+. The van der Waals surface area contributed by atoms with Crippen LogP contribution >= 0.6 is 0 Å². The first-order valence-corrected chi connectivity index (χ1v) is 10.2.